The van der Waals surface area contributed by atoms with E-state index in [1.54, 1.807) is 0 Å². The van der Waals surface area contributed by atoms with Crippen molar-refractivity contribution < 1.29 is 4.79 Å². The van der Waals surface area contributed by atoms with Crippen molar-refractivity contribution in [3.8, 4) is 0 Å². The first-order valence-electron chi connectivity index (χ1n) is 5.81. The predicted molar refractivity (Wildman–Crippen MR) is 69.2 cm³/mol. The fourth-order valence-corrected chi connectivity index (χ4v) is 1.34. The Morgan fingerprint density at radius 1 is 1.25 bits per heavy atom. The van der Waals surface area contributed by atoms with Crippen LogP contribution in [0.1, 0.15) is 39.2 Å². The van der Waals surface area contributed by atoms with Crippen LogP contribution in [0.4, 0.5) is 0 Å². The molecule has 16 heavy (non-hydrogen) atoms. The van der Waals surface area contributed by atoms with Crippen molar-refractivity contribution in [3.05, 3.63) is 42.0 Å². The minimum atomic E-state index is -0.193. The molecule has 0 aliphatic rings. The number of ketones is 1. The number of allylic oxidation sites excluding steroid dienone is 1. The number of hydrogen-bond donors (Lipinski definition) is 0. The van der Waals surface area contributed by atoms with Crippen molar-refractivity contribution in [2.75, 3.05) is 0 Å². The maximum Gasteiger partial charge on any atom is 0.142 e. The second kappa shape index (κ2) is 5.64. The maximum absolute atomic E-state index is 11.8. The standard InChI is InChI=1S/C15H20O/c1-4-15(2,3)14(16)12-8-11-13-9-6-5-7-10-13/h5-11H,4,12H2,1-3H3/b11-8+. The number of benzene rings is 1. The van der Waals surface area contributed by atoms with Gasteiger partial charge in [0.1, 0.15) is 5.78 Å². The summed E-state index contributed by atoms with van der Waals surface area (Å²) < 4.78 is 0. The van der Waals surface area contributed by atoms with E-state index in [0.29, 0.717) is 12.2 Å². The first kappa shape index (κ1) is 12.7. The van der Waals surface area contributed by atoms with E-state index < -0.39 is 0 Å². The third kappa shape index (κ3) is 3.65. The molecule has 0 fully saturated rings. The molecule has 0 saturated carbocycles. The fourth-order valence-electron chi connectivity index (χ4n) is 1.34. The molecule has 0 atom stereocenters. The van der Waals surface area contributed by atoms with Crippen LogP contribution in [0.3, 0.4) is 0 Å². The molecule has 0 unspecified atom stereocenters. The minimum Gasteiger partial charge on any atom is -0.299 e. The highest BCUT2D eigenvalue weighted by molar-refractivity contribution is 5.85. The molecule has 0 saturated heterocycles. The van der Waals surface area contributed by atoms with Crippen LogP contribution in [-0.2, 0) is 4.79 Å². The molecule has 0 N–H and O–H groups in total. The summed E-state index contributed by atoms with van der Waals surface area (Å²) in [6.07, 6.45) is 5.37. The Kier molecular flexibility index (Phi) is 4.48. The Bertz CT molecular complexity index is 360. The molecule has 0 aliphatic heterocycles. The van der Waals surface area contributed by atoms with Crippen molar-refractivity contribution >= 4 is 11.9 Å². The third-order valence-corrected chi connectivity index (χ3v) is 3.05. The van der Waals surface area contributed by atoms with Gasteiger partial charge in [0.2, 0.25) is 0 Å². The summed E-state index contributed by atoms with van der Waals surface area (Å²) in [5.41, 5.74) is 0.950. The second-order valence-corrected chi connectivity index (χ2v) is 4.68. The van der Waals surface area contributed by atoms with Crippen molar-refractivity contribution in [3.63, 3.8) is 0 Å². The highest BCUT2D eigenvalue weighted by Gasteiger charge is 2.23. The molecule has 0 radical (unpaired) electrons. The van der Waals surface area contributed by atoms with Gasteiger partial charge >= 0.3 is 0 Å². The molecule has 0 spiro atoms. The molecular weight excluding hydrogens is 196 g/mol. The summed E-state index contributed by atoms with van der Waals surface area (Å²) in [6, 6.07) is 10.1. The quantitative estimate of drug-likeness (QED) is 0.724. The Hall–Kier alpha value is -1.37. The molecule has 0 aliphatic carbocycles. The maximum atomic E-state index is 11.8. The van der Waals surface area contributed by atoms with Crippen LogP contribution in [-0.4, -0.2) is 5.78 Å². The molecule has 86 valence electrons. The van der Waals surface area contributed by atoms with Crippen molar-refractivity contribution in [2.24, 2.45) is 5.41 Å². The first-order chi connectivity index (χ1) is 7.56. The van der Waals surface area contributed by atoms with Gasteiger partial charge in [-0.2, -0.15) is 0 Å². The van der Waals surface area contributed by atoms with Gasteiger partial charge in [0.05, 0.1) is 0 Å². The van der Waals surface area contributed by atoms with Gasteiger partial charge in [0.15, 0.2) is 0 Å². The third-order valence-electron chi connectivity index (χ3n) is 3.05. The molecule has 1 aromatic rings. The van der Waals surface area contributed by atoms with Crippen LogP contribution in [0.15, 0.2) is 36.4 Å². The van der Waals surface area contributed by atoms with Gasteiger partial charge in [-0.15, -0.1) is 0 Å². The van der Waals surface area contributed by atoms with Gasteiger partial charge in [-0.25, -0.2) is 0 Å². The lowest BCUT2D eigenvalue weighted by atomic mass is 9.84. The van der Waals surface area contributed by atoms with E-state index in [0.717, 1.165) is 12.0 Å². The number of carbonyl (C=O) groups is 1. The topological polar surface area (TPSA) is 17.1 Å². The lowest BCUT2D eigenvalue weighted by Gasteiger charge is -2.19. The molecule has 0 bridgehead atoms. The average Bonchev–Trinajstić information content (AvgIpc) is 2.30. The summed E-state index contributed by atoms with van der Waals surface area (Å²) >= 11 is 0. The van der Waals surface area contributed by atoms with Gasteiger partial charge < -0.3 is 0 Å². The lowest BCUT2D eigenvalue weighted by molar-refractivity contribution is -0.126. The van der Waals surface area contributed by atoms with E-state index in [9.17, 15) is 4.79 Å². The molecule has 1 nitrogen and oxygen atoms in total. The largest absolute Gasteiger partial charge is 0.299 e. The summed E-state index contributed by atoms with van der Waals surface area (Å²) in [4.78, 5) is 11.8. The van der Waals surface area contributed by atoms with E-state index in [-0.39, 0.29) is 5.41 Å². The summed E-state index contributed by atoms with van der Waals surface area (Å²) in [5.74, 6) is 0.308. The van der Waals surface area contributed by atoms with E-state index in [4.69, 9.17) is 0 Å². The first-order valence-corrected chi connectivity index (χ1v) is 5.81. The van der Waals surface area contributed by atoms with Gasteiger partial charge in [-0.05, 0) is 12.0 Å². The molecule has 0 heterocycles. The molecule has 1 heteroatoms. The Labute approximate surface area is 98.2 Å². The van der Waals surface area contributed by atoms with Crippen molar-refractivity contribution in [1.82, 2.24) is 0 Å². The minimum absolute atomic E-state index is 0.193. The van der Waals surface area contributed by atoms with Crippen LogP contribution in [0.25, 0.3) is 6.08 Å². The van der Waals surface area contributed by atoms with E-state index >= 15 is 0 Å². The predicted octanol–water partition coefficient (Wildman–Crippen LogP) is 4.10. The Balaban J connectivity index is 2.53. The fraction of sp³-hybridized carbons (Fsp3) is 0.400. The number of rotatable bonds is 5. The number of carbonyl (C=O) groups excluding carboxylic acids is 1. The zero-order valence-electron chi connectivity index (χ0n) is 10.4. The van der Waals surface area contributed by atoms with Gasteiger partial charge in [-0.1, -0.05) is 63.3 Å². The highest BCUT2D eigenvalue weighted by atomic mass is 16.1. The molecule has 1 rings (SSSR count). The van der Waals surface area contributed by atoms with Crippen LogP contribution in [0, 0.1) is 5.41 Å². The van der Waals surface area contributed by atoms with Crippen LogP contribution < -0.4 is 0 Å². The SMILES string of the molecule is CCC(C)(C)C(=O)C/C=C/c1ccccc1. The highest BCUT2D eigenvalue weighted by Crippen LogP contribution is 2.22. The zero-order chi connectivity index (χ0) is 12.0. The zero-order valence-corrected chi connectivity index (χ0v) is 10.4. The van der Waals surface area contributed by atoms with Crippen molar-refractivity contribution in [2.45, 2.75) is 33.6 Å². The summed E-state index contributed by atoms with van der Waals surface area (Å²) in [7, 11) is 0. The Morgan fingerprint density at radius 3 is 2.44 bits per heavy atom. The van der Waals surface area contributed by atoms with E-state index in [2.05, 4.69) is 6.92 Å². The van der Waals surface area contributed by atoms with E-state index in [1.165, 1.54) is 0 Å². The van der Waals surface area contributed by atoms with Crippen molar-refractivity contribution in [1.29, 1.82) is 0 Å². The van der Waals surface area contributed by atoms with Crippen LogP contribution >= 0.6 is 0 Å². The molecule has 0 amide bonds. The summed E-state index contributed by atoms with van der Waals surface area (Å²) in [5, 5.41) is 0. The second-order valence-electron chi connectivity index (χ2n) is 4.68. The molecule has 1 aromatic carbocycles. The average molecular weight is 216 g/mol. The monoisotopic (exact) mass is 216 g/mol. The van der Waals surface area contributed by atoms with Gasteiger partial charge in [-0.3, -0.25) is 4.79 Å². The smallest absolute Gasteiger partial charge is 0.142 e. The van der Waals surface area contributed by atoms with Crippen LogP contribution in [0.5, 0.6) is 0 Å². The number of hydrogen-bond acceptors (Lipinski definition) is 1. The molecular formula is C15H20O. The van der Waals surface area contributed by atoms with E-state index in [1.807, 2.05) is 56.3 Å². The van der Waals surface area contributed by atoms with Crippen LogP contribution in [0.2, 0.25) is 0 Å². The van der Waals surface area contributed by atoms with Gasteiger partial charge in [0, 0.05) is 11.8 Å². The molecule has 0 aromatic heterocycles. The normalized spacial score (nSPS) is 11.9. The van der Waals surface area contributed by atoms with Gasteiger partial charge in [0.25, 0.3) is 0 Å². The Morgan fingerprint density at radius 2 is 1.88 bits per heavy atom. The number of Topliss-reactive ketones (excluding diaryl/α,β-unsaturated/α-hetero) is 1. The summed E-state index contributed by atoms with van der Waals surface area (Å²) in [6.45, 7) is 6.07. The lowest BCUT2D eigenvalue weighted by Crippen LogP contribution is -2.22.